The highest BCUT2D eigenvalue weighted by atomic mass is 32.2. The lowest BCUT2D eigenvalue weighted by atomic mass is 10.1. The molecule has 1 N–H and O–H groups in total. The number of nitrogens with zero attached hydrogens (tertiary/aromatic N) is 1. The molecule has 1 heterocycles. The van der Waals surface area contributed by atoms with Crippen LogP contribution < -0.4 is 5.32 Å². The molecule has 0 aliphatic carbocycles. The average molecular weight is 383 g/mol. The van der Waals surface area contributed by atoms with Crippen molar-refractivity contribution in [1.29, 1.82) is 0 Å². The molecule has 1 saturated heterocycles. The van der Waals surface area contributed by atoms with Crippen LogP contribution in [-0.2, 0) is 14.3 Å². The summed E-state index contributed by atoms with van der Waals surface area (Å²) in [6.07, 6.45) is 0. The molecule has 0 aromatic heterocycles. The molecule has 1 amide bonds. The number of halogens is 1. The van der Waals surface area contributed by atoms with Crippen LogP contribution in [0.25, 0.3) is 0 Å². The second-order valence-corrected chi connectivity index (χ2v) is 8.59. The van der Waals surface area contributed by atoms with Crippen molar-refractivity contribution in [3.05, 3.63) is 35.6 Å². The number of thioether (sulfide) groups is 1. The summed E-state index contributed by atoms with van der Waals surface area (Å²) in [7, 11) is 0. The second kappa shape index (κ2) is 8.86. The van der Waals surface area contributed by atoms with Crippen LogP contribution >= 0.6 is 11.8 Å². The van der Waals surface area contributed by atoms with Crippen molar-refractivity contribution in [2.75, 3.05) is 24.6 Å². The SMILES string of the molecule is C[C@@H](NC(=O)CN1CCSC[C@@H]1C(=O)OC(C)(C)C)c1ccc(F)cc1. The number of nitrogens with one attached hydrogen (secondary N) is 1. The molecule has 26 heavy (non-hydrogen) atoms. The number of hydrogen-bond acceptors (Lipinski definition) is 5. The maximum atomic E-state index is 13.0. The van der Waals surface area contributed by atoms with Crippen LogP contribution in [0.5, 0.6) is 0 Å². The zero-order valence-electron chi connectivity index (χ0n) is 15.8. The van der Waals surface area contributed by atoms with Gasteiger partial charge in [-0.15, -0.1) is 0 Å². The molecule has 1 aliphatic rings. The average Bonchev–Trinajstić information content (AvgIpc) is 2.54. The summed E-state index contributed by atoms with van der Waals surface area (Å²) in [6.45, 7) is 8.15. The minimum absolute atomic E-state index is 0.135. The predicted molar refractivity (Wildman–Crippen MR) is 101 cm³/mol. The molecule has 7 heteroatoms. The first kappa shape index (κ1) is 20.7. The summed E-state index contributed by atoms with van der Waals surface area (Å²) in [5.41, 5.74) is 0.280. The highest BCUT2D eigenvalue weighted by Crippen LogP contribution is 2.20. The van der Waals surface area contributed by atoms with Gasteiger partial charge in [0, 0.05) is 18.1 Å². The molecule has 0 spiro atoms. The normalized spacial score (nSPS) is 19.7. The van der Waals surface area contributed by atoms with Crippen molar-refractivity contribution in [3.63, 3.8) is 0 Å². The van der Waals surface area contributed by atoms with Crippen molar-refractivity contribution < 1.29 is 18.7 Å². The predicted octanol–water partition coefficient (Wildman–Crippen LogP) is 2.76. The van der Waals surface area contributed by atoms with Crippen LogP contribution in [0.4, 0.5) is 4.39 Å². The van der Waals surface area contributed by atoms with E-state index in [0.717, 1.165) is 11.3 Å². The standard InChI is InChI=1S/C19H27FN2O3S/c1-13(14-5-7-15(20)8-6-14)21-17(23)11-22-9-10-26-12-16(22)18(24)25-19(2,3)4/h5-8,13,16H,9-12H2,1-4H3,(H,21,23)/t13-,16-/m1/s1. The first-order valence-corrected chi connectivity index (χ1v) is 9.90. The van der Waals surface area contributed by atoms with Gasteiger partial charge in [0.1, 0.15) is 17.5 Å². The van der Waals surface area contributed by atoms with Crippen molar-refractivity contribution in [2.24, 2.45) is 0 Å². The van der Waals surface area contributed by atoms with Crippen molar-refractivity contribution >= 4 is 23.6 Å². The summed E-state index contributed by atoms with van der Waals surface area (Å²) < 4.78 is 18.5. The van der Waals surface area contributed by atoms with Gasteiger partial charge in [0.2, 0.25) is 5.91 Å². The number of rotatable bonds is 5. The zero-order valence-corrected chi connectivity index (χ0v) is 16.6. The van der Waals surface area contributed by atoms with E-state index in [1.807, 2.05) is 32.6 Å². The summed E-state index contributed by atoms with van der Waals surface area (Å²) in [5.74, 6) is 0.736. The molecular weight excluding hydrogens is 355 g/mol. The van der Waals surface area contributed by atoms with Crippen LogP contribution in [-0.4, -0.2) is 53.0 Å². The number of benzene rings is 1. The fourth-order valence-electron chi connectivity index (χ4n) is 2.72. The van der Waals surface area contributed by atoms with Crippen LogP contribution in [0.1, 0.15) is 39.3 Å². The lowest BCUT2D eigenvalue weighted by Gasteiger charge is -2.35. The Morgan fingerprint density at radius 2 is 2.00 bits per heavy atom. The number of hydrogen-bond donors (Lipinski definition) is 1. The van der Waals surface area contributed by atoms with E-state index in [1.54, 1.807) is 23.9 Å². The number of amides is 1. The molecular formula is C19H27FN2O3S. The van der Waals surface area contributed by atoms with E-state index in [1.165, 1.54) is 12.1 Å². The van der Waals surface area contributed by atoms with Gasteiger partial charge < -0.3 is 10.1 Å². The van der Waals surface area contributed by atoms with Gasteiger partial charge >= 0.3 is 5.97 Å². The van der Waals surface area contributed by atoms with E-state index in [-0.39, 0.29) is 30.3 Å². The van der Waals surface area contributed by atoms with Gasteiger partial charge in [0.25, 0.3) is 0 Å². The van der Waals surface area contributed by atoms with E-state index in [2.05, 4.69) is 5.32 Å². The Balaban J connectivity index is 1.94. The summed E-state index contributed by atoms with van der Waals surface area (Å²) in [5, 5.41) is 2.91. The molecule has 0 radical (unpaired) electrons. The Labute approximate surface area is 158 Å². The molecule has 1 aromatic rings. The maximum absolute atomic E-state index is 13.0. The van der Waals surface area contributed by atoms with Gasteiger partial charge in [-0.1, -0.05) is 12.1 Å². The fraction of sp³-hybridized carbons (Fsp3) is 0.579. The fourth-order valence-corrected chi connectivity index (χ4v) is 3.82. The Morgan fingerprint density at radius 3 is 2.62 bits per heavy atom. The van der Waals surface area contributed by atoms with Crippen LogP contribution in [0, 0.1) is 5.82 Å². The smallest absolute Gasteiger partial charge is 0.324 e. The Bertz CT molecular complexity index is 631. The van der Waals surface area contributed by atoms with Gasteiger partial charge in [-0.05, 0) is 45.4 Å². The number of ether oxygens (including phenoxy) is 1. The third-order valence-electron chi connectivity index (χ3n) is 4.01. The van der Waals surface area contributed by atoms with E-state index < -0.39 is 11.6 Å². The molecule has 5 nitrogen and oxygen atoms in total. The molecule has 2 atom stereocenters. The van der Waals surface area contributed by atoms with E-state index >= 15 is 0 Å². The molecule has 144 valence electrons. The Hall–Kier alpha value is -1.60. The minimum atomic E-state index is -0.551. The summed E-state index contributed by atoms with van der Waals surface area (Å²) in [6, 6.07) is 5.40. The monoisotopic (exact) mass is 382 g/mol. The number of esters is 1. The van der Waals surface area contributed by atoms with Gasteiger partial charge in [-0.25, -0.2) is 4.39 Å². The molecule has 0 saturated carbocycles. The Kier molecular flexibility index (Phi) is 7.06. The molecule has 2 rings (SSSR count). The third-order valence-corrected chi connectivity index (χ3v) is 5.04. The quantitative estimate of drug-likeness (QED) is 0.794. The van der Waals surface area contributed by atoms with E-state index in [0.29, 0.717) is 12.3 Å². The topological polar surface area (TPSA) is 58.6 Å². The first-order chi connectivity index (χ1) is 12.2. The van der Waals surface area contributed by atoms with Crippen molar-refractivity contribution in [2.45, 2.75) is 45.4 Å². The highest BCUT2D eigenvalue weighted by Gasteiger charge is 2.33. The van der Waals surface area contributed by atoms with Gasteiger partial charge in [0.05, 0.1) is 12.6 Å². The maximum Gasteiger partial charge on any atom is 0.324 e. The van der Waals surface area contributed by atoms with Crippen LogP contribution in [0.3, 0.4) is 0 Å². The third kappa shape index (κ3) is 6.29. The molecule has 1 fully saturated rings. The Morgan fingerprint density at radius 1 is 1.35 bits per heavy atom. The van der Waals surface area contributed by atoms with Crippen LogP contribution in [0.2, 0.25) is 0 Å². The highest BCUT2D eigenvalue weighted by molar-refractivity contribution is 7.99. The zero-order chi connectivity index (χ0) is 19.3. The summed E-state index contributed by atoms with van der Waals surface area (Å²) in [4.78, 5) is 26.7. The lowest BCUT2D eigenvalue weighted by molar-refractivity contribution is -0.160. The largest absolute Gasteiger partial charge is 0.459 e. The van der Waals surface area contributed by atoms with Crippen molar-refractivity contribution in [3.8, 4) is 0 Å². The lowest BCUT2D eigenvalue weighted by Crippen LogP contribution is -2.52. The molecule has 1 aromatic carbocycles. The number of carbonyl (C=O) groups is 2. The van der Waals surface area contributed by atoms with Gasteiger partial charge in [0.15, 0.2) is 0 Å². The minimum Gasteiger partial charge on any atom is -0.459 e. The van der Waals surface area contributed by atoms with Gasteiger partial charge in [-0.3, -0.25) is 14.5 Å². The van der Waals surface area contributed by atoms with Gasteiger partial charge in [-0.2, -0.15) is 11.8 Å². The molecule has 1 aliphatic heterocycles. The van der Waals surface area contributed by atoms with E-state index in [9.17, 15) is 14.0 Å². The molecule has 0 bridgehead atoms. The first-order valence-electron chi connectivity index (χ1n) is 8.75. The van der Waals surface area contributed by atoms with Crippen molar-refractivity contribution in [1.82, 2.24) is 10.2 Å². The molecule has 0 unspecified atom stereocenters. The van der Waals surface area contributed by atoms with E-state index in [4.69, 9.17) is 4.74 Å². The second-order valence-electron chi connectivity index (χ2n) is 7.44. The number of carbonyl (C=O) groups excluding carboxylic acids is 2. The summed E-state index contributed by atoms with van der Waals surface area (Å²) >= 11 is 1.69. The van der Waals surface area contributed by atoms with Crippen LogP contribution in [0.15, 0.2) is 24.3 Å².